The number of anilines is 1. The van der Waals surface area contributed by atoms with Crippen molar-refractivity contribution >= 4 is 32.4 Å². The number of rotatable bonds is 4. The molecule has 0 saturated carbocycles. The Morgan fingerprint density at radius 3 is 2.77 bits per heavy atom. The van der Waals surface area contributed by atoms with E-state index in [2.05, 4.69) is 4.98 Å². The molecule has 0 bridgehead atoms. The first kappa shape index (κ1) is 16.8. The maximum Gasteiger partial charge on any atom is 0.238 e. The largest absolute Gasteiger partial charge is 0.363 e. The van der Waals surface area contributed by atoms with Gasteiger partial charge in [0, 0.05) is 34.4 Å². The highest BCUT2D eigenvalue weighted by Crippen LogP contribution is 2.31. The number of hydrogen-bond donors (Lipinski definition) is 2. The number of benzene rings is 2. The van der Waals surface area contributed by atoms with Crippen LogP contribution in [-0.2, 0) is 16.4 Å². The minimum absolute atomic E-state index is 0.0447. The Morgan fingerprint density at radius 2 is 2.00 bits per heavy atom. The Hall–Kier alpha value is -2.64. The molecule has 0 unspecified atom stereocenters. The summed E-state index contributed by atoms with van der Waals surface area (Å²) < 4.78 is 23.0. The van der Waals surface area contributed by atoms with Crippen LogP contribution in [0.15, 0.2) is 47.4 Å². The van der Waals surface area contributed by atoms with Gasteiger partial charge >= 0.3 is 0 Å². The zero-order valence-corrected chi connectivity index (χ0v) is 15.1. The van der Waals surface area contributed by atoms with E-state index >= 15 is 0 Å². The average Bonchev–Trinajstić information content (AvgIpc) is 3.13. The second kappa shape index (κ2) is 5.96. The van der Waals surface area contributed by atoms with Gasteiger partial charge in [-0.2, -0.15) is 0 Å². The van der Waals surface area contributed by atoms with E-state index in [4.69, 9.17) is 5.14 Å². The van der Waals surface area contributed by atoms with Gasteiger partial charge in [-0.05, 0) is 43.2 Å². The maximum atomic E-state index is 13.0. The number of para-hydroxylation sites is 1. The van der Waals surface area contributed by atoms with Gasteiger partial charge in [0.1, 0.15) is 0 Å². The molecule has 1 aliphatic rings. The molecule has 4 rings (SSSR count). The number of primary sulfonamides is 1. The lowest BCUT2D eigenvalue weighted by molar-refractivity contribution is 0.100. The second-order valence-corrected chi connectivity index (χ2v) is 8.16. The highest BCUT2D eigenvalue weighted by atomic mass is 32.2. The molecule has 134 valence electrons. The van der Waals surface area contributed by atoms with Gasteiger partial charge in [0.2, 0.25) is 10.0 Å². The van der Waals surface area contributed by atoms with E-state index in [1.807, 2.05) is 36.1 Å². The molecule has 0 fully saturated rings. The van der Waals surface area contributed by atoms with Crippen LogP contribution in [-0.4, -0.2) is 32.3 Å². The van der Waals surface area contributed by atoms with Crippen molar-refractivity contribution in [2.45, 2.75) is 18.2 Å². The lowest BCUT2D eigenvalue weighted by Gasteiger charge is -2.18. The van der Waals surface area contributed by atoms with Crippen LogP contribution in [0.2, 0.25) is 0 Å². The molecule has 0 atom stereocenters. The van der Waals surface area contributed by atoms with E-state index in [0.717, 1.165) is 33.4 Å². The number of nitrogens with two attached hydrogens (primary N) is 1. The van der Waals surface area contributed by atoms with Gasteiger partial charge < -0.3 is 9.88 Å². The van der Waals surface area contributed by atoms with Crippen molar-refractivity contribution < 1.29 is 13.2 Å². The van der Waals surface area contributed by atoms with Crippen molar-refractivity contribution in [3.63, 3.8) is 0 Å². The summed E-state index contributed by atoms with van der Waals surface area (Å²) in [6.07, 6.45) is 0.693. The molecule has 3 N–H and O–H groups in total. The molecule has 0 saturated heterocycles. The molecular formula is C19H19N3O3S. The molecule has 7 heteroatoms. The molecule has 0 amide bonds. The number of aryl methyl sites for hydroxylation is 1. The predicted molar refractivity (Wildman–Crippen MR) is 101 cm³/mol. The molecule has 0 aliphatic carbocycles. The molecule has 26 heavy (non-hydrogen) atoms. The van der Waals surface area contributed by atoms with Crippen molar-refractivity contribution in [2.24, 2.45) is 5.14 Å². The molecule has 2 aromatic carbocycles. The van der Waals surface area contributed by atoms with Gasteiger partial charge in [0.25, 0.3) is 0 Å². The Labute approximate surface area is 151 Å². The summed E-state index contributed by atoms with van der Waals surface area (Å²) >= 11 is 0. The summed E-state index contributed by atoms with van der Waals surface area (Å²) in [7, 11) is -3.72. The minimum atomic E-state index is -3.72. The van der Waals surface area contributed by atoms with Crippen LogP contribution in [0.25, 0.3) is 10.9 Å². The van der Waals surface area contributed by atoms with E-state index in [1.165, 1.54) is 6.07 Å². The third kappa shape index (κ3) is 2.79. The molecule has 3 aromatic rings. The van der Waals surface area contributed by atoms with Crippen LogP contribution in [0.5, 0.6) is 0 Å². The Balaban J connectivity index is 1.63. The number of aromatic nitrogens is 1. The number of fused-ring (bicyclic) bond motifs is 2. The van der Waals surface area contributed by atoms with E-state index in [-0.39, 0.29) is 17.2 Å². The third-order valence-corrected chi connectivity index (χ3v) is 5.79. The minimum Gasteiger partial charge on any atom is -0.363 e. The van der Waals surface area contributed by atoms with Gasteiger partial charge in [-0.15, -0.1) is 0 Å². The average molecular weight is 369 g/mol. The van der Waals surface area contributed by atoms with Gasteiger partial charge in [0.15, 0.2) is 5.78 Å². The first-order valence-corrected chi connectivity index (χ1v) is 9.90. The van der Waals surface area contributed by atoms with E-state index in [0.29, 0.717) is 13.0 Å². The summed E-state index contributed by atoms with van der Waals surface area (Å²) in [5.74, 6) is 0.0447. The summed E-state index contributed by atoms with van der Waals surface area (Å²) in [5.41, 5.74) is 4.33. The highest BCUT2D eigenvalue weighted by molar-refractivity contribution is 7.89. The first-order valence-electron chi connectivity index (χ1n) is 8.36. The number of ketones is 1. The number of carbonyl (C=O) groups is 1. The first-order chi connectivity index (χ1) is 12.3. The van der Waals surface area contributed by atoms with Crippen LogP contribution in [0.4, 0.5) is 5.69 Å². The quantitative estimate of drug-likeness (QED) is 0.690. The van der Waals surface area contributed by atoms with Gasteiger partial charge in [-0.1, -0.05) is 18.2 Å². The number of Topliss-reactive ketones (excluding diaryl/α,β-unsaturated/α-hetero) is 1. The summed E-state index contributed by atoms with van der Waals surface area (Å²) in [4.78, 5) is 18.3. The smallest absolute Gasteiger partial charge is 0.238 e. The fourth-order valence-corrected chi connectivity index (χ4v) is 4.24. The molecule has 1 aliphatic heterocycles. The Morgan fingerprint density at radius 1 is 1.23 bits per heavy atom. The fraction of sp³-hybridized carbons (Fsp3) is 0.211. The van der Waals surface area contributed by atoms with Crippen molar-refractivity contribution in [3.8, 4) is 0 Å². The molecular weight excluding hydrogens is 350 g/mol. The Bertz CT molecular complexity index is 1130. The number of aromatic amines is 1. The molecule has 6 nitrogen and oxygen atoms in total. The van der Waals surface area contributed by atoms with Crippen LogP contribution >= 0.6 is 0 Å². The third-order valence-electron chi connectivity index (χ3n) is 4.88. The number of H-pyrrole nitrogens is 1. The second-order valence-electron chi connectivity index (χ2n) is 6.60. The number of nitrogens with zero attached hydrogens (tertiary/aromatic N) is 1. The van der Waals surface area contributed by atoms with Crippen LogP contribution in [0, 0.1) is 6.92 Å². The van der Waals surface area contributed by atoms with Crippen LogP contribution in [0.3, 0.4) is 0 Å². The van der Waals surface area contributed by atoms with E-state index in [9.17, 15) is 13.2 Å². The zero-order valence-electron chi connectivity index (χ0n) is 14.3. The van der Waals surface area contributed by atoms with Crippen LogP contribution < -0.4 is 10.0 Å². The summed E-state index contributed by atoms with van der Waals surface area (Å²) in [5, 5.41) is 6.13. The lowest BCUT2D eigenvalue weighted by Crippen LogP contribution is -2.28. The van der Waals surface area contributed by atoms with Crippen molar-refractivity contribution in [1.82, 2.24) is 4.98 Å². The highest BCUT2D eigenvalue weighted by Gasteiger charge is 2.25. The topological polar surface area (TPSA) is 96.3 Å². The number of nitrogens with one attached hydrogen (secondary N) is 1. The SMILES string of the molecule is Cc1[nH]c2ccccc2c1C(=O)CN1CCc2cc(S(N)(=O)=O)ccc21. The van der Waals surface area contributed by atoms with Crippen molar-refractivity contribution in [2.75, 3.05) is 18.0 Å². The lowest BCUT2D eigenvalue weighted by atomic mass is 10.1. The molecule has 2 heterocycles. The normalized spacial score (nSPS) is 14.0. The zero-order chi connectivity index (χ0) is 18.5. The number of hydrogen-bond acceptors (Lipinski definition) is 4. The monoisotopic (exact) mass is 369 g/mol. The van der Waals surface area contributed by atoms with E-state index < -0.39 is 10.0 Å². The molecule has 0 spiro atoms. The Kier molecular flexibility index (Phi) is 3.86. The number of sulfonamides is 1. The van der Waals surface area contributed by atoms with Gasteiger partial charge in [-0.3, -0.25) is 4.79 Å². The number of carbonyl (C=O) groups excluding carboxylic acids is 1. The summed E-state index contributed by atoms with van der Waals surface area (Å²) in [6, 6.07) is 12.6. The van der Waals surface area contributed by atoms with Crippen molar-refractivity contribution in [3.05, 3.63) is 59.3 Å². The fourth-order valence-electron chi connectivity index (χ4n) is 3.68. The van der Waals surface area contributed by atoms with Crippen LogP contribution in [0.1, 0.15) is 21.6 Å². The van der Waals surface area contributed by atoms with E-state index in [1.54, 1.807) is 12.1 Å². The molecule has 0 radical (unpaired) electrons. The van der Waals surface area contributed by atoms with Gasteiger partial charge in [0.05, 0.1) is 11.4 Å². The predicted octanol–water partition coefficient (Wildman–Crippen LogP) is 2.37. The summed E-state index contributed by atoms with van der Waals surface area (Å²) in [6.45, 7) is 2.84. The maximum absolute atomic E-state index is 13.0. The van der Waals surface area contributed by atoms with Gasteiger partial charge in [-0.25, -0.2) is 13.6 Å². The standard InChI is InChI=1S/C19H19N3O3S/c1-12-19(15-4-2-3-5-16(15)21-12)18(23)11-22-9-8-13-10-14(26(20,24)25)6-7-17(13)22/h2-7,10,21H,8-9,11H2,1H3,(H2,20,24,25). The molecule has 1 aromatic heterocycles. The van der Waals surface area contributed by atoms with Crippen molar-refractivity contribution in [1.29, 1.82) is 0 Å².